The molecule has 9 heteroatoms. The third-order valence-electron chi connectivity index (χ3n) is 6.33. The lowest BCUT2D eigenvalue weighted by atomic mass is 9.52. The third kappa shape index (κ3) is 2.77. The Morgan fingerprint density at radius 3 is 2.74 bits per heavy atom. The van der Waals surface area contributed by atoms with Gasteiger partial charge in [0.25, 0.3) is 0 Å². The molecule has 2 fully saturated rings. The molecule has 3 atom stereocenters. The number of alkyl halides is 3. The van der Waals surface area contributed by atoms with Gasteiger partial charge >= 0.3 is 15.6 Å². The van der Waals surface area contributed by atoms with Crippen LogP contribution in [0.4, 0.5) is 13.2 Å². The number of fused-ring (bicyclic) bond motifs is 1. The molecule has 1 N–H and O–H groups in total. The van der Waals surface area contributed by atoms with E-state index in [0.717, 1.165) is 11.1 Å². The van der Waals surface area contributed by atoms with Gasteiger partial charge < -0.3 is 9.50 Å². The summed E-state index contributed by atoms with van der Waals surface area (Å²) in [5.41, 5.74) is -4.01. The summed E-state index contributed by atoms with van der Waals surface area (Å²) in [6.45, 7) is 2.48. The van der Waals surface area contributed by atoms with E-state index in [1.54, 1.807) is 6.07 Å². The molecule has 1 aromatic carbocycles. The molecule has 4 rings (SSSR count). The van der Waals surface area contributed by atoms with Crippen molar-refractivity contribution >= 4 is 15.9 Å². The van der Waals surface area contributed by atoms with Gasteiger partial charge in [-0.25, -0.2) is 0 Å². The molecule has 27 heavy (non-hydrogen) atoms. The maximum Gasteiger partial charge on any atom is 0.534 e. The van der Waals surface area contributed by atoms with E-state index in [0.29, 0.717) is 37.8 Å². The lowest BCUT2D eigenvalue weighted by Crippen LogP contribution is -2.60. The van der Waals surface area contributed by atoms with Crippen LogP contribution in [0.15, 0.2) is 12.1 Å². The fraction of sp³-hybridized carbons (Fsp3) is 0.611. The van der Waals surface area contributed by atoms with Crippen LogP contribution >= 0.6 is 0 Å². The summed E-state index contributed by atoms with van der Waals surface area (Å²) in [6.07, 6.45) is 2.47. The molecule has 1 saturated heterocycles. The second kappa shape index (κ2) is 5.94. The molecular weight excluding hydrogens is 383 g/mol. The molecule has 3 unspecified atom stereocenters. The van der Waals surface area contributed by atoms with E-state index in [-0.39, 0.29) is 29.9 Å². The Morgan fingerprint density at radius 1 is 1.30 bits per heavy atom. The fourth-order valence-corrected chi connectivity index (χ4v) is 5.72. The summed E-state index contributed by atoms with van der Waals surface area (Å²) in [5.74, 6) is -0.145. The van der Waals surface area contributed by atoms with Crippen molar-refractivity contribution in [1.82, 2.24) is 5.32 Å². The zero-order valence-corrected chi connectivity index (χ0v) is 15.5. The Kier molecular flexibility index (Phi) is 4.12. The minimum absolute atomic E-state index is 0.0610. The van der Waals surface area contributed by atoms with Crippen molar-refractivity contribution in [3.63, 3.8) is 0 Å². The standard InChI is InChI=1S/C18H20F3NO4S/c1-10-2-5-15(26-27(24,25)18(19,20)21)16-12(10)8-14-13-4-3-11(23)9-17(13,16)6-7-22-14/h2,5,13-14,22H,3-4,6-9H2,1H3. The topological polar surface area (TPSA) is 72.5 Å². The van der Waals surface area contributed by atoms with Crippen molar-refractivity contribution < 1.29 is 30.6 Å². The lowest BCUT2D eigenvalue weighted by molar-refractivity contribution is -0.125. The van der Waals surface area contributed by atoms with Crippen LogP contribution in [-0.4, -0.2) is 32.3 Å². The second-order valence-corrected chi connectivity index (χ2v) is 9.29. The minimum atomic E-state index is -5.78. The summed E-state index contributed by atoms with van der Waals surface area (Å²) < 4.78 is 66.6. The molecule has 0 amide bonds. The van der Waals surface area contributed by atoms with Gasteiger partial charge in [0, 0.05) is 29.9 Å². The van der Waals surface area contributed by atoms with Gasteiger partial charge in [0.1, 0.15) is 11.5 Å². The number of hydrogen-bond donors (Lipinski definition) is 1. The number of nitrogens with one attached hydrogen (secondary N) is 1. The van der Waals surface area contributed by atoms with Crippen LogP contribution in [0.1, 0.15) is 42.4 Å². The highest BCUT2D eigenvalue weighted by molar-refractivity contribution is 7.88. The zero-order chi connectivity index (χ0) is 19.6. The van der Waals surface area contributed by atoms with Crippen molar-refractivity contribution in [1.29, 1.82) is 0 Å². The smallest absolute Gasteiger partial charge is 0.376 e. The van der Waals surface area contributed by atoms with Gasteiger partial charge in [0.15, 0.2) is 0 Å². The number of ketones is 1. The molecule has 0 spiro atoms. The van der Waals surface area contributed by atoms with Crippen molar-refractivity contribution in [3.05, 3.63) is 28.8 Å². The molecule has 1 heterocycles. The Labute approximate surface area is 155 Å². The van der Waals surface area contributed by atoms with E-state index in [1.165, 1.54) is 6.07 Å². The summed E-state index contributed by atoms with van der Waals surface area (Å²) >= 11 is 0. The number of hydrogen-bond acceptors (Lipinski definition) is 5. The number of carbonyl (C=O) groups is 1. The highest BCUT2D eigenvalue weighted by Crippen LogP contribution is 2.56. The van der Waals surface area contributed by atoms with Gasteiger partial charge in [-0.1, -0.05) is 6.07 Å². The minimum Gasteiger partial charge on any atom is -0.376 e. The van der Waals surface area contributed by atoms with Crippen molar-refractivity contribution in [3.8, 4) is 5.75 Å². The van der Waals surface area contributed by atoms with Crippen LogP contribution in [0.5, 0.6) is 5.75 Å². The summed E-state index contributed by atoms with van der Waals surface area (Å²) in [5, 5.41) is 3.47. The van der Waals surface area contributed by atoms with E-state index in [2.05, 4.69) is 9.50 Å². The van der Waals surface area contributed by atoms with Crippen LogP contribution in [0, 0.1) is 12.8 Å². The van der Waals surface area contributed by atoms with Crippen LogP contribution in [0.3, 0.4) is 0 Å². The third-order valence-corrected chi connectivity index (χ3v) is 7.30. The van der Waals surface area contributed by atoms with Crippen molar-refractivity contribution in [2.75, 3.05) is 6.54 Å². The molecule has 5 nitrogen and oxygen atoms in total. The molecular formula is C18H20F3NO4S. The quantitative estimate of drug-likeness (QED) is 0.607. The normalized spacial score (nSPS) is 30.4. The average molecular weight is 403 g/mol. The van der Waals surface area contributed by atoms with E-state index < -0.39 is 21.0 Å². The molecule has 1 aliphatic heterocycles. The highest BCUT2D eigenvalue weighted by Gasteiger charge is 2.56. The summed E-state index contributed by atoms with van der Waals surface area (Å²) in [7, 11) is -5.78. The number of Topliss-reactive ketones (excluding diaryl/α,β-unsaturated/α-hetero) is 1. The molecule has 1 aromatic rings. The van der Waals surface area contributed by atoms with Crippen molar-refractivity contribution in [2.45, 2.75) is 56.0 Å². The lowest BCUT2D eigenvalue weighted by Gasteiger charge is -2.55. The SMILES string of the molecule is Cc1ccc(OS(=O)(=O)C(F)(F)F)c2c1CC1NCCC23CC(=O)CCC13. The molecule has 0 aromatic heterocycles. The Balaban J connectivity index is 1.91. The number of carbonyl (C=O) groups excluding carboxylic acids is 1. The van der Waals surface area contributed by atoms with Crippen molar-refractivity contribution in [2.24, 2.45) is 5.92 Å². The van der Waals surface area contributed by atoms with Crippen LogP contribution in [0.2, 0.25) is 0 Å². The average Bonchev–Trinajstić information content (AvgIpc) is 2.55. The fourth-order valence-electron chi connectivity index (χ4n) is 5.25. The first-order valence-electron chi connectivity index (χ1n) is 8.94. The number of halogens is 3. The van der Waals surface area contributed by atoms with Gasteiger partial charge in [-0.2, -0.15) is 21.6 Å². The molecule has 1 saturated carbocycles. The number of aryl methyl sites for hydroxylation is 1. The van der Waals surface area contributed by atoms with E-state index in [4.69, 9.17) is 0 Å². The predicted octanol–water partition coefficient (Wildman–Crippen LogP) is 2.75. The molecule has 148 valence electrons. The highest BCUT2D eigenvalue weighted by atomic mass is 32.2. The van der Waals surface area contributed by atoms with Crippen LogP contribution in [0.25, 0.3) is 0 Å². The first-order valence-corrected chi connectivity index (χ1v) is 10.3. The Bertz CT molecular complexity index is 912. The monoisotopic (exact) mass is 403 g/mol. The largest absolute Gasteiger partial charge is 0.534 e. The summed E-state index contributed by atoms with van der Waals surface area (Å²) in [6, 6.07) is 3.01. The molecule has 2 aliphatic carbocycles. The first-order chi connectivity index (χ1) is 12.6. The first kappa shape index (κ1) is 18.7. The Hall–Kier alpha value is -1.61. The van der Waals surface area contributed by atoms with Crippen LogP contribution < -0.4 is 9.50 Å². The predicted molar refractivity (Wildman–Crippen MR) is 90.9 cm³/mol. The number of benzene rings is 1. The van der Waals surface area contributed by atoms with Crippen LogP contribution in [-0.2, 0) is 26.7 Å². The van der Waals surface area contributed by atoms with Gasteiger partial charge in [0.2, 0.25) is 0 Å². The zero-order valence-electron chi connectivity index (χ0n) is 14.7. The van der Waals surface area contributed by atoms with Gasteiger partial charge in [-0.15, -0.1) is 0 Å². The Morgan fingerprint density at radius 2 is 2.04 bits per heavy atom. The molecule has 2 bridgehead atoms. The maximum atomic E-state index is 12.9. The summed E-state index contributed by atoms with van der Waals surface area (Å²) in [4.78, 5) is 12.3. The van der Waals surface area contributed by atoms with Gasteiger partial charge in [0.05, 0.1) is 0 Å². The second-order valence-electron chi connectivity index (χ2n) is 7.75. The maximum absolute atomic E-state index is 12.9. The van der Waals surface area contributed by atoms with E-state index >= 15 is 0 Å². The molecule has 3 aliphatic rings. The van der Waals surface area contributed by atoms with E-state index in [1.807, 2.05) is 6.92 Å². The molecule has 0 radical (unpaired) electrons. The number of rotatable bonds is 2. The van der Waals surface area contributed by atoms with Gasteiger partial charge in [-0.05, 0) is 55.8 Å². The van der Waals surface area contributed by atoms with Gasteiger partial charge in [-0.3, -0.25) is 4.79 Å². The van der Waals surface area contributed by atoms with E-state index in [9.17, 15) is 26.4 Å². The number of piperidine rings is 1.